The summed E-state index contributed by atoms with van der Waals surface area (Å²) in [5.74, 6) is 0. The number of nitrogens with zero attached hydrogens (tertiary/aromatic N) is 2. The van der Waals surface area contributed by atoms with Crippen LogP contribution >= 0.6 is 0 Å². The van der Waals surface area contributed by atoms with Gasteiger partial charge in [-0.3, -0.25) is 4.68 Å². The second kappa shape index (κ2) is 6.36. The van der Waals surface area contributed by atoms with Crippen LogP contribution in [0.5, 0.6) is 0 Å². The molecule has 0 aliphatic rings. The van der Waals surface area contributed by atoms with Crippen molar-refractivity contribution in [1.82, 2.24) is 15.1 Å². The van der Waals surface area contributed by atoms with Crippen molar-refractivity contribution in [3.63, 3.8) is 0 Å². The Morgan fingerprint density at radius 3 is 2.67 bits per heavy atom. The average Bonchev–Trinajstić information content (AvgIpc) is 2.82. The third-order valence-corrected chi connectivity index (χ3v) is 3.00. The van der Waals surface area contributed by atoms with Gasteiger partial charge in [0, 0.05) is 12.7 Å². The summed E-state index contributed by atoms with van der Waals surface area (Å²) in [4.78, 5) is 0. The van der Waals surface area contributed by atoms with Gasteiger partial charge in [-0.1, -0.05) is 37.3 Å². The first-order valence-corrected chi connectivity index (χ1v) is 6.57. The van der Waals surface area contributed by atoms with Crippen LogP contribution in [0.15, 0.2) is 42.7 Å². The first-order chi connectivity index (χ1) is 8.81. The largest absolute Gasteiger partial charge is 0.314 e. The normalized spacial score (nSPS) is 12.6. The number of hydrogen-bond acceptors (Lipinski definition) is 2. The van der Waals surface area contributed by atoms with Gasteiger partial charge in [-0.2, -0.15) is 5.10 Å². The van der Waals surface area contributed by atoms with Crippen LogP contribution in [0.1, 0.15) is 30.5 Å². The van der Waals surface area contributed by atoms with Gasteiger partial charge in [-0.15, -0.1) is 0 Å². The second-order valence-electron chi connectivity index (χ2n) is 4.63. The van der Waals surface area contributed by atoms with Crippen molar-refractivity contribution in [1.29, 1.82) is 0 Å². The lowest BCUT2D eigenvalue weighted by molar-refractivity contribution is 0.480. The lowest BCUT2D eigenvalue weighted by atomic mass is 10.1. The molecule has 0 spiro atoms. The highest BCUT2D eigenvalue weighted by Crippen LogP contribution is 2.17. The van der Waals surface area contributed by atoms with Gasteiger partial charge in [-0.25, -0.2) is 0 Å². The molecule has 0 saturated heterocycles. The van der Waals surface area contributed by atoms with Crippen molar-refractivity contribution in [2.45, 2.75) is 26.3 Å². The van der Waals surface area contributed by atoms with E-state index in [1.54, 1.807) is 0 Å². The van der Waals surface area contributed by atoms with E-state index in [1.807, 2.05) is 16.9 Å². The third kappa shape index (κ3) is 3.20. The van der Waals surface area contributed by atoms with Gasteiger partial charge in [0.25, 0.3) is 0 Å². The van der Waals surface area contributed by atoms with E-state index >= 15 is 0 Å². The zero-order valence-electron chi connectivity index (χ0n) is 11.1. The number of benzene rings is 1. The molecule has 0 aliphatic carbocycles. The molecule has 1 aromatic heterocycles. The van der Waals surface area contributed by atoms with E-state index in [9.17, 15) is 0 Å². The molecule has 1 atom stereocenters. The van der Waals surface area contributed by atoms with Crippen molar-refractivity contribution in [2.24, 2.45) is 0 Å². The van der Waals surface area contributed by atoms with Crippen LogP contribution in [0, 0.1) is 6.92 Å². The fraction of sp³-hybridized carbons (Fsp3) is 0.400. The van der Waals surface area contributed by atoms with E-state index in [2.05, 4.69) is 54.7 Å². The molecular weight excluding hydrogens is 222 g/mol. The predicted octanol–water partition coefficient (Wildman–Crippen LogP) is 2.78. The van der Waals surface area contributed by atoms with E-state index in [4.69, 9.17) is 0 Å². The van der Waals surface area contributed by atoms with E-state index in [0.717, 1.165) is 19.5 Å². The van der Waals surface area contributed by atoms with Crippen LogP contribution in [0.3, 0.4) is 0 Å². The smallest absolute Gasteiger partial charge is 0.0892 e. The summed E-state index contributed by atoms with van der Waals surface area (Å²) >= 11 is 0. The van der Waals surface area contributed by atoms with Gasteiger partial charge in [0.2, 0.25) is 0 Å². The van der Waals surface area contributed by atoms with Crippen LogP contribution in [-0.4, -0.2) is 22.9 Å². The minimum Gasteiger partial charge on any atom is -0.314 e. The summed E-state index contributed by atoms with van der Waals surface area (Å²) in [5.41, 5.74) is 2.50. The van der Waals surface area contributed by atoms with Crippen LogP contribution in [0.2, 0.25) is 0 Å². The Labute approximate surface area is 109 Å². The van der Waals surface area contributed by atoms with Crippen molar-refractivity contribution in [2.75, 3.05) is 13.1 Å². The Morgan fingerprint density at radius 2 is 2.06 bits per heavy atom. The zero-order chi connectivity index (χ0) is 12.8. The van der Waals surface area contributed by atoms with Crippen LogP contribution < -0.4 is 5.32 Å². The van der Waals surface area contributed by atoms with Gasteiger partial charge < -0.3 is 5.32 Å². The van der Waals surface area contributed by atoms with Gasteiger partial charge in [-0.05, 0) is 31.0 Å². The maximum atomic E-state index is 4.45. The molecule has 0 saturated carbocycles. The van der Waals surface area contributed by atoms with E-state index < -0.39 is 0 Å². The molecule has 18 heavy (non-hydrogen) atoms. The maximum Gasteiger partial charge on any atom is 0.0892 e. The summed E-state index contributed by atoms with van der Waals surface area (Å²) in [6, 6.07) is 10.8. The minimum atomic E-state index is 0.270. The van der Waals surface area contributed by atoms with Crippen LogP contribution in [-0.2, 0) is 0 Å². The fourth-order valence-electron chi connectivity index (χ4n) is 2.06. The van der Waals surface area contributed by atoms with Crippen molar-refractivity contribution >= 4 is 0 Å². The molecule has 0 fully saturated rings. The number of rotatable bonds is 6. The average molecular weight is 243 g/mol. The Bertz CT molecular complexity index is 462. The van der Waals surface area contributed by atoms with Crippen molar-refractivity contribution in [3.8, 4) is 0 Å². The van der Waals surface area contributed by atoms with Crippen molar-refractivity contribution < 1.29 is 0 Å². The predicted molar refractivity (Wildman–Crippen MR) is 74.7 cm³/mol. The number of nitrogens with one attached hydrogen (secondary N) is 1. The van der Waals surface area contributed by atoms with Gasteiger partial charge in [0.15, 0.2) is 0 Å². The molecule has 1 aromatic carbocycles. The maximum absolute atomic E-state index is 4.45. The Hall–Kier alpha value is -1.61. The molecule has 1 heterocycles. The quantitative estimate of drug-likeness (QED) is 0.791. The van der Waals surface area contributed by atoms with E-state index in [-0.39, 0.29) is 6.04 Å². The van der Waals surface area contributed by atoms with E-state index in [1.165, 1.54) is 11.1 Å². The first-order valence-electron chi connectivity index (χ1n) is 6.57. The molecule has 0 radical (unpaired) electrons. The first kappa shape index (κ1) is 12.8. The standard InChI is InChI=1S/C15H21N3/c1-3-9-16-11-15(14-7-5-4-6-8-14)18-12-13(2)10-17-18/h4-8,10,12,15-16H,3,9,11H2,1-2H3. The Kier molecular flexibility index (Phi) is 4.53. The molecule has 1 N–H and O–H groups in total. The summed E-state index contributed by atoms with van der Waals surface area (Å²) in [5, 5.41) is 7.93. The molecule has 0 amide bonds. The summed E-state index contributed by atoms with van der Waals surface area (Å²) in [6.45, 7) is 6.22. The van der Waals surface area contributed by atoms with Gasteiger partial charge in [0.1, 0.15) is 0 Å². The highest BCUT2D eigenvalue weighted by molar-refractivity contribution is 5.20. The number of aromatic nitrogens is 2. The van der Waals surface area contributed by atoms with Crippen molar-refractivity contribution in [3.05, 3.63) is 53.9 Å². The number of hydrogen-bond donors (Lipinski definition) is 1. The Balaban J connectivity index is 2.18. The molecule has 2 aromatic rings. The molecule has 0 bridgehead atoms. The summed E-state index contributed by atoms with van der Waals surface area (Å²) in [7, 11) is 0. The molecular formula is C15H21N3. The molecule has 3 nitrogen and oxygen atoms in total. The fourth-order valence-corrected chi connectivity index (χ4v) is 2.06. The second-order valence-corrected chi connectivity index (χ2v) is 4.63. The third-order valence-electron chi connectivity index (χ3n) is 3.00. The molecule has 96 valence electrons. The highest BCUT2D eigenvalue weighted by Gasteiger charge is 2.13. The highest BCUT2D eigenvalue weighted by atomic mass is 15.3. The monoisotopic (exact) mass is 243 g/mol. The topological polar surface area (TPSA) is 29.9 Å². The molecule has 0 aliphatic heterocycles. The zero-order valence-corrected chi connectivity index (χ0v) is 11.1. The molecule has 3 heteroatoms. The van der Waals surface area contributed by atoms with Gasteiger partial charge >= 0.3 is 0 Å². The van der Waals surface area contributed by atoms with Crippen LogP contribution in [0.25, 0.3) is 0 Å². The lowest BCUT2D eigenvalue weighted by Crippen LogP contribution is -2.27. The van der Waals surface area contributed by atoms with Gasteiger partial charge in [0.05, 0.1) is 12.2 Å². The van der Waals surface area contributed by atoms with E-state index in [0.29, 0.717) is 0 Å². The van der Waals surface area contributed by atoms with Crippen LogP contribution in [0.4, 0.5) is 0 Å². The minimum absolute atomic E-state index is 0.270. The molecule has 2 rings (SSSR count). The SMILES string of the molecule is CCCNCC(c1ccccc1)n1cc(C)cn1. The molecule has 1 unspecified atom stereocenters. The summed E-state index contributed by atoms with van der Waals surface area (Å²) in [6.07, 6.45) is 5.17. The number of aryl methyl sites for hydroxylation is 1. The Morgan fingerprint density at radius 1 is 1.28 bits per heavy atom. The summed E-state index contributed by atoms with van der Waals surface area (Å²) < 4.78 is 2.05. The lowest BCUT2D eigenvalue weighted by Gasteiger charge is -2.18.